The Morgan fingerprint density at radius 1 is 1.42 bits per heavy atom. The number of aromatic nitrogens is 3. The summed E-state index contributed by atoms with van der Waals surface area (Å²) in [6, 6.07) is 5.42. The van der Waals surface area contributed by atoms with Crippen LogP contribution in [0.2, 0.25) is 0 Å². The lowest BCUT2D eigenvalue weighted by atomic mass is 10.2. The van der Waals surface area contributed by atoms with Crippen LogP contribution >= 0.6 is 0 Å². The molecule has 1 aromatic carbocycles. The van der Waals surface area contributed by atoms with Gasteiger partial charge in [0.2, 0.25) is 0 Å². The van der Waals surface area contributed by atoms with Gasteiger partial charge in [-0.3, -0.25) is 9.36 Å². The van der Waals surface area contributed by atoms with Crippen molar-refractivity contribution in [3.63, 3.8) is 0 Å². The van der Waals surface area contributed by atoms with E-state index in [9.17, 15) is 9.59 Å². The normalized spacial score (nSPS) is 11.1. The molecule has 1 amide bonds. The highest BCUT2D eigenvalue weighted by molar-refractivity contribution is 5.89. The van der Waals surface area contributed by atoms with Crippen LogP contribution in [0, 0.1) is 6.92 Å². The number of fused-ring (bicyclic) bond motifs is 1. The fourth-order valence-corrected chi connectivity index (χ4v) is 2.22. The van der Waals surface area contributed by atoms with Crippen molar-refractivity contribution in [2.45, 2.75) is 13.5 Å². The number of aryl methyl sites for hydroxylation is 1. The highest BCUT2D eigenvalue weighted by atomic mass is 16.5. The Bertz CT molecular complexity index is 923. The van der Waals surface area contributed by atoms with E-state index in [1.807, 2.05) is 19.1 Å². The summed E-state index contributed by atoms with van der Waals surface area (Å²) < 4.78 is 16.3. The second-order valence-corrected chi connectivity index (χ2v) is 5.19. The minimum atomic E-state index is -0.522. The molecule has 24 heavy (non-hydrogen) atoms. The summed E-state index contributed by atoms with van der Waals surface area (Å²) in [5, 5.41) is 6.30. The molecule has 9 nitrogen and oxygen atoms in total. The molecule has 0 saturated carbocycles. The second kappa shape index (κ2) is 6.67. The Balaban J connectivity index is 1.80. The van der Waals surface area contributed by atoms with E-state index in [1.54, 1.807) is 6.07 Å². The van der Waals surface area contributed by atoms with Crippen molar-refractivity contribution in [2.24, 2.45) is 0 Å². The Labute approximate surface area is 136 Å². The molecular weight excluding hydrogens is 316 g/mol. The molecule has 3 aromatic rings. The first-order valence-corrected chi connectivity index (χ1v) is 7.28. The third-order valence-electron chi connectivity index (χ3n) is 3.38. The van der Waals surface area contributed by atoms with Crippen molar-refractivity contribution in [2.75, 3.05) is 20.3 Å². The molecule has 0 saturated heterocycles. The van der Waals surface area contributed by atoms with Crippen LogP contribution in [-0.4, -0.2) is 40.9 Å². The van der Waals surface area contributed by atoms with E-state index in [0.717, 1.165) is 5.56 Å². The molecule has 1 N–H and O–H groups in total. The van der Waals surface area contributed by atoms with Gasteiger partial charge in [-0.1, -0.05) is 11.2 Å². The fraction of sp³-hybridized carbons (Fsp3) is 0.333. The number of nitrogens with zero attached hydrogens (tertiary/aromatic N) is 3. The van der Waals surface area contributed by atoms with E-state index in [4.69, 9.17) is 13.7 Å². The monoisotopic (exact) mass is 332 g/mol. The number of rotatable bonds is 6. The zero-order valence-electron chi connectivity index (χ0n) is 13.2. The molecule has 0 aliphatic carbocycles. The summed E-state index contributed by atoms with van der Waals surface area (Å²) in [6.45, 7) is 2.67. The number of hydrogen-bond acceptors (Lipinski definition) is 7. The SMILES string of the molecule is COCCNC(=O)c1nc(Cn2c(=O)oc3ccc(C)cc32)no1. The number of hydrogen-bond donors (Lipinski definition) is 1. The number of methoxy groups -OCH3 is 1. The van der Waals surface area contributed by atoms with Crippen molar-refractivity contribution in [1.82, 2.24) is 20.0 Å². The van der Waals surface area contributed by atoms with Crippen LogP contribution in [0.25, 0.3) is 11.1 Å². The highest BCUT2D eigenvalue weighted by Gasteiger charge is 2.17. The minimum absolute atomic E-state index is 0.0458. The number of carbonyl (C=O) groups is 1. The van der Waals surface area contributed by atoms with Crippen molar-refractivity contribution in [3.05, 3.63) is 46.0 Å². The zero-order chi connectivity index (χ0) is 17.1. The average Bonchev–Trinajstić information content (AvgIpc) is 3.14. The van der Waals surface area contributed by atoms with E-state index >= 15 is 0 Å². The molecule has 2 heterocycles. The van der Waals surface area contributed by atoms with Crippen molar-refractivity contribution < 1.29 is 18.5 Å². The summed E-state index contributed by atoms with van der Waals surface area (Å²) >= 11 is 0. The third kappa shape index (κ3) is 3.20. The van der Waals surface area contributed by atoms with Gasteiger partial charge in [0.15, 0.2) is 11.4 Å². The van der Waals surface area contributed by atoms with Crippen molar-refractivity contribution in [3.8, 4) is 0 Å². The van der Waals surface area contributed by atoms with Crippen LogP contribution in [0.1, 0.15) is 22.1 Å². The summed E-state index contributed by atoms with van der Waals surface area (Å²) in [5.74, 6) is -0.978. The summed E-state index contributed by atoms with van der Waals surface area (Å²) in [5.41, 5.74) is 2.10. The first-order valence-electron chi connectivity index (χ1n) is 7.28. The molecule has 0 radical (unpaired) electrons. The maximum absolute atomic E-state index is 12.0. The molecule has 2 aromatic heterocycles. The number of nitrogens with one attached hydrogen (secondary N) is 1. The van der Waals surface area contributed by atoms with Crippen molar-refractivity contribution >= 4 is 17.0 Å². The Kier molecular flexibility index (Phi) is 4.43. The van der Waals surface area contributed by atoms with Crippen LogP contribution in [0.15, 0.2) is 31.9 Å². The molecule has 0 spiro atoms. The molecule has 3 rings (SSSR count). The second-order valence-electron chi connectivity index (χ2n) is 5.19. The first-order chi connectivity index (χ1) is 11.6. The van der Waals surface area contributed by atoms with Gasteiger partial charge in [-0.15, -0.1) is 0 Å². The standard InChI is InChI=1S/C15H16N4O5/c1-9-3-4-11-10(7-9)19(15(21)23-11)8-12-17-14(24-18-12)13(20)16-5-6-22-2/h3-4,7H,5-6,8H2,1-2H3,(H,16,20). The first kappa shape index (κ1) is 15.9. The van der Waals surface area contributed by atoms with Gasteiger partial charge in [0.1, 0.15) is 0 Å². The predicted octanol–water partition coefficient (Wildman–Crippen LogP) is 0.710. The Morgan fingerprint density at radius 3 is 3.04 bits per heavy atom. The molecule has 9 heteroatoms. The summed E-state index contributed by atoms with van der Waals surface area (Å²) in [7, 11) is 1.53. The Morgan fingerprint density at radius 2 is 2.25 bits per heavy atom. The Hall–Kier alpha value is -2.94. The lowest BCUT2D eigenvalue weighted by Gasteiger charge is -1.99. The predicted molar refractivity (Wildman–Crippen MR) is 82.8 cm³/mol. The van der Waals surface area contributed by atoms with Crippen molar-refractivity contribution in [1.29, 1.82) is 0 Å². The van der Waals surface area contributed by atoms with Gasteiger partial charge >= 0.3 is 17.6 Å². The van der Waals surface area contributed by atoms with Crippen LogP contribution in [-0.2, 0) is 11.3 Å². The summed E-state index contributed by atoms with van der Waals surface area (Å²) in [6.07, 6.45) is 0. The number of ether oxygens (including phenoxy) is 1. The topological polar surface area (TPSA) is 112 Å². The molecule has 0 fully saturated rings. The van der Waals surface area contributed by atoms with Crippen LogP contribution in [0.4, 0.5) is 0 Å². The number of carbonyl (C=O) groups excluding carboxylic acids is 1. The van der Waals surface area contributed by atoms with E-state index < -0.39 is 11.7 Å². The molecule has 126 valence electrons. The highest BCUT2D eigenvalue weighted by Crippen LogP contribution is 2.15. The number of amides is 1. The van der Waals surface area contributed by atoms with E-state index in [0.29, 0.717) is 24.3 Å². The number of oxazole rings is 1. The lowest BCUT2D eigenvalue weighted by Crippen LogP contribution is -2.27. The molecule has 0 aliphatic rings. The molecule has 0 bridgehead atoms. The summed E-state index contributed by atoms with van der Waals surface area (Å²) in [4.78, 5) is 27.8. The number of benzene rings is 1. The van der Waals surface area contributed by atoms with Gasteiger partial charge in [0, 0.05) is 13.7 Å². The van der Waals surface area contributed by atoms with Gasteiger partial charge in [-0.2, -0.15) is 4.98 Å². The van der Waals surface area contributed by atoms with E-state index in [2.05, 4.69) is 15.5 Å². The smallest absolute Gasteiger partial charge is 0.408 e. The molecule has 0 atom stereocenters. The molecule has 0 aliphatic heterocycles. The lowest BCUT2D eigenvalue weighted by molar-refractivity contribution is 0.0893. The van der Waals surface area contributed by atoms with Gasteiger partial charge in [-0.25, -0.2) is 4.79 Å². The average molecular weight is 332 g/mol. The van der Waals surface area contributed by atoms with Gasteiger partial charge in [-0.05, 0) is 24.6 Å². The van der Waals surface area contributed by atoms with Crippen LogP contribution in [0.5, 0.6) is 0 Å². The van der Waals surface area contributed by atoms with Crippen LogP contribution in [0.3, 0.4) is 0 Å². The van der Waals surface area contributed by atoms with Gasteiger partial charge in [0.25, 0.3) is 0 Å². The molecule has 0 unspecified atom stereocenters. The van der Waals surface area contributed by atoms with Gasteiger partial charge in [0.05, 0.1) is 18.7 Å². The maximum atomic E-state index is 12.0. The largest absolute Gasteiger partial charge is 0.420 e. The van der Waals surface area contributed by atoms with Gasteiger partial charge < -0.3 is 19.0 Å². The zero-order valence-corrected chi connectivity index (χ0v) is 13.2. The van der Waals surface area contributed by atoms with E-state index in [-0.39, 0.29) is 18.3 Å². The van der Waals surface area contributed by atoms with Crippen LogP contribution < -0.4 is 11.1 Å². The quantitative estimate of drug-likeness (QED) is 0.661. The van der Waals surface area contributed by atoms with E-state index in [1.165, 1.54) is 11.7 Å². The maximum Gasteiger partial charge on any atom is 0.420 e. The fourth-order valence-electron chi connectivity index (χ4n) is 2.22. The third-order valence-corrected chi connectivity index (χ3v) is 3.38. The molecular formula is C15H16N4O5. The minimum Gasteiger partial charge on any atom is -0.408 e.